The van der Waals surface area contributed by atoms with Crippen LogP contribution in [0.4, 0.5) is 5.69 Å². The van der Waals surface area contributed by atoms with E-state index in [4.69, 9.17) is 22.1 Å². The minimum atomic E-state index is 0.608. The Balaban J connectivity index is 2.47. The van der Waals surface area contributed by atoms with Crippen LogP contribution in [0.25, 0.3) is 0 Å². The highest BCUT2D eigenvalue weighted by Gasteiger charge is 2.27. The van der Waals surface area contributed by atoms with Crippen molar-refractivity contribution in [3.63, 3.8) is 0 Å². The Labute approximate surface area is 82.6 Å². The fourth-order valence-electron chi connectivity index (χ4n) is 1.50. The van der Waals surface area contributed by atoms with Crippen LogP contribution >= 0.6 is 11.6 Å². The van der Waals surface area contributed by atoms with Gasteiger partial charge in [0.25, 0.3) is 0 Å². The van der Waals surface area contributed by atoms with Gasteiger partial charge in [-0.15, -0.1) is 0 Å². The zero-order chi connectivity index (χ0) is 9.42. The Kier molecular flexibility index (Phi) is 2.08. The first-order chi connectivity index (χ1) is 6.24. The van der Waals surface area contributed by atoms with Crippen LogP contribution in [0.15, 0.2) is 12.1 Å². The average molecular weight is 198 g/mol. The lowest BCUT2D eigenvalue weighted by Gasteiger charge is -2.10. The second-order valence-electron chi connectivity index (χ2n) is 3.37. The number of methoxy groups -OCH3 is 1. The first-order valence-electron chi connectivity index (χ1n) is 4.36. The number of ether oxygens (including phenoxy) is 1. The number of nitrogens with two attached hydrogens (primary N) is 1. The molecular weight excluding hydrogens is 186 g/mol. The lowest BCUT2D eigenvalue weighted by molar-refractivity contribution is 0.416. The van der Waals surface area contributed by atoms with Gasteiger partial charge in [-0.3, -0.25) is 0 Å². The Morgan fingerprint density at radius 1 is 1.46 bits per heavy atom. The summed E-state index contributed by atoms with van der Waals surface area (Å²) in [5.41, 5.74) is 7.49. The van der Waals surface area contributed by atoms with Gasteiger partial charge in [-0.1, -0.05) is 17.7 Å². The van der Waals surface area contributed by atoms with E-state index >= 15 is 0 Å². The monoisotopic (exact) mass is 197 g/mol. The molecule has 0 unspecified atom stereocenters. The van der Waals surface area contributed by atoms with Crippen LogP contribution in [0, 0.1) is 0 Å². The van der Waals surface area contributed by atoms with E-state index in [1.807, 2.05) is 12.1 Å². The molecule has 0 bridgehead atoms. The van der Waals surface area contributed by atoms with Crippen LogP contribution < -0.4 is 10.5 Å². The van der Waals surface area contributed by atoms with Crippen LogP contribution in [-0.4, -0.2) is 7.11 Å². The number of hydrogen-bond donors (Lipinski definition) is 1. The van der Waals surface area contributed by atoms with Crippen LogP contribution in [0.5, 0.6) is 5.75 Å². The van der Waals surface area contributed by atoms with Gasteiger partial charge < -0.3 is 10.5 Å². The molecule has 1 aliphatic rings. The number of halogens is 1. The summed E-state index contributed by atoms with van der Waals surface area (Å²) in [6, 6.07) is 3.86. The molecule has 0 aromatic heterocycles. The summed E-state index contributed by atoms with van der Waals surface area (Å²) in [4.78, 5) is 0. The largest absolute Gasteiger partial charge is 0.493 e. The van der Waals surface area contributed by atoms with Gasteiger partial charge in [0, 0.05) is 0 Å². The van der Waals surface area contributed by atoms with Crippen LogP contribution in [0.3, 0.4) is 0 Å². The Morgan fingerprint density at radius 2 is 2.15 bits per heavy atom. The number of hydrogen-bond acceptors (Lipinski definition) is 2. The molecule has 0 aliphatic heterocycles. The lowest BCUT2D eigenvalue weighted by atomic mass is 10.1. The van der Waals surface area contributed by atoms with Gasteiger partial charge in [-0.25, -0.2) is 0 Å². The first-order valence-corrected chi connectivity index (χ1v) is 4.73. The Hall–Kier alpha value is -0.890. The zero-order valence-electron chi connectivity index (χ0n) is 7.51. The van der Waals surface area contributed by atoms with E-state index < -0.39 is 0 Å². The van der Waals surface area contributed by atoms with Crippen LogP contribution in [0.2, 0.25) is 5.02 Å². The van der Waals surface area contributed by atoms with Crippen LogP contribution in [-0.2, 0) is 0 Å². The second-order valence-corrected chi connectivity index (χ2v) is 3.74. The van der Waals surface area contributed by atoms with Crippen molar-refractivity contribution < 1.29 is 4.74 Å². The molecule has 2 N–H and O–H groups in total. The molecule has 1 aromatic carbocycles. The molecule has 0 spiro atoms. The van der Waals surface area contributed by atoms with Crippen molar-refractivity contribution in [2.75, 3.05) is 12.8 Å². The molecule has 0 radical (unpaired) electrons. The molecule has 2 nitrogen and oxygen atoms in total. The quantitative estimate of drug-likeness (QED) is 0.740. The van der Waals surface area contributed by atoms with E-state index in [0.717, 1.165) is 0 Å². The third kappa shape index (κ3) is 1.46. The lowest BCUT2D eigenvalue weighted by Crippen LogP contribution is -1.95. The summed E-state index contributed by atoms with van der Waals surface area (Å²) < 4.78 is 5.14. The third-order valence-electron chi connectivity index (χ3n) is 2.38. The van der Waals surface area contributed by atoms with E-state index in [2.05, 4.69) is 0 Å². The molecule has 1 aliphatic carbocycles. The fraction of sp³-hybridized carbons (Fsp3) is 0.400. The highest BCUT2D eigenvalue weighted by molar-refractivity contribution is 6.33. The summed E-state index contributed by atoms with van der Waals surface area (Å²) in [5, 5.41) is 0.685. The standard InChI is InChI=1S/C10H12ClNO/c1-13-10-8(12)5-4-7(9(10)11)6-2-3-6/h4-6H,2-3,12H2,1H3. The van der Waals surface area contributed by atoms with Crippen molar-refractivity contribution in [3.05, 3.63) is 22.7 Å². The molecular formula is C10H12ClNO. The van der Waals surface area contributed by atoms with Crippen molar-refractivity contribution in [2.24, 2.45) is 0 Å². The molecule has 0 atom stereocenters. The second kappa shape index (κ2) is 3.11. The van der Waals surface area contributed by atoms with Gasteiger partial charge in [0.1, 0.15) is 0 Å². The summed E-state index contributed by atoms with van der Waals surface area (Å²) >= 11 is 6.14. The molecule has 0 heterocycles. The highest BCUT2D eigenvalue weighted by Crippen LogP contribution is 2.47. The molecule has 0 amide bonds. The van der Waals surface area contributed by atoms with E-state index in [1.165, 1.54) is 18.4 Å². The van der Waals surface area contributed by atoms with Gasteiger partial charge in [-0.05, 0) is 30.4 Å². The van der Waals surface area contributed by atoms with Crippen molar-refractivity contribution in [1.82, 2.24) is 0 Å². The summed E-state index contributed by atoms with van der Waals surface area (Å²) in [6.45, 7) is 0. The predicted octanol–water partition coefficient (Wildman–Crippen LogP) is 2.81. The van der Waals surface area contributed by atoms with Gasteiger partial charge in [0.15, 0.2) is 5.75 Å². The fourth-order valence-corrected chi connectivity index (χ4v) is 1.91. The van der Waals surface area contributed by atoms with E-state index in [9.17, 15) is 0 Å². The third-order valence-corrected chi connectivity index (χ3v) is 2.77. The number of nitrogen functional groups attached to an aromatic ring is 1. The smallest absolute Gasteiger partial charge is 0.160 e. The first kappa shape index (κ1) is 8.70. The minimum absolute atomic E-state index is 0.608. The van der Waals surface area contributed by atoms with Crippen molar-refractivity contribution in [1.29, 1.82) is 0 Å². The maximum Gasteiger partial charge on any atom is 0.160 e. The maximum absolute atomic E-state index is 6.14. The molecule has 3 heteroatoms. The molecule has 70 valence electrons. The summed E-state index contributed by atoms with van der Waals surface area (Å²) in [6.07, 6.45) is 2.46. The zero-order valence-corrected chi connectivity index (χ0v) is 8.27. The van der Waals surface area contributed by atoms with Crippen LogP contribution in [0.1, 0.15) is 24.3 Å². The number of rotatable bonds is 2. The summed E-state index contributed by atoms with van der Waals surface area (Å²) in [5.74, 6) is 1.24. The van der Waals surface area contributed by atoms with Gasteiger partial charge in [0.05, 0.1) is 17.8 Å². The van der Waals surface area contributed by atoms with E-state index in [-0.39, 0.29) is 0 Å². The Morgan fingerprint density at radius 3 is 2.69 bits per heavy atom. The highest BCUT2D eigenvalue weighted by atomic mass is 35.5. The molecule has 1 saturated carbocycles. The molecule has 1 aromatic rings. The van der Waals surface area contributed by atoms with Gasteiger partial charge in [0.2, 0.25) is 0 Å². The van der Waals surface area contributed by atoms with Crippen molar-refractivity contribution in [2.45, 2.75) is 18.8 Å². The molecule has 13 heavy (non-hydrogen) atoms. The van der Waals surface area contributed by atoms with Crippen molar-refractivity contribution >= 4 is 17.3 Å². The van der Waals surface area contributed by atoms with Gasteiger partial charge >= 0.3 is 0 Å². The van der Waals surface area contributed by atoms with E-state index in [1.54, 1.807) is 7.11 Å². The molecule has 2 rings (SSSR count). The molecule has 1 fully saturated rings. The van der Waals surface area contributed by atoms with Crippen molar-refractivity contribution in [3.8, 4) is 5.75 Å². The summed E-state index contributed by atoms with van der Waals surface area (Å²) in [7, 11) is 1.59. The molecule has 0 saturated heterocycles. The Bertz CT molecular complexity index is 334. The van der Waals surface area contributed by atoms with E-state index in [0.29, 0.717) is 22.4 Å². The maximum atomic E-state index is 6.14. The minimum Gasteiger partial charge on any atom is -0.493 e. The SMILES string of the molecule is COc1c(N)ccc(C2CC2)c1Cl. The normalized spacial score (nSPS) is 15.8. The van der Waals surface area contributed by atoms with Gasteiger partial charge in [-0.2, -0.15) is 0 Å². The number of benzene rings is 1. The average Bonchev–Trinajstić information content (AvgIpc) is 2.88. The predicted molar refractivity (Wildman–Crippen MR) is 54.4 cm³/mol. The topological polar surface area (TPSA) is 35.2 Å². The number of anilines is 1.